The molecule has 94 valence electrons. The van der Waals surface area contributed by atoms with Crippen LogP contribution < -0.4 is 4.90 Å². The molecule has 4 heteroatoms. The van der Waals surface area contributed by atoms with Gasteiger partial charge in [-0.1, -0.05) is 13.3 Å². The number of hydrogen-bond donors (Lipinski definition) is 0. The van der Waals surface area contributed by atoms with Gasteiger partial charge in [-0.2, -0.15) is 0 Å². The van der Waals surface area contributed by atoms with Crippen LogP contribution in [-0.2, 0) is 11.2 Å². The van der Waals surface area contributed by atoms with E-state index in [2.05, 4.69) is 21.8 Å². The van der Waals surface area contributed by atoms with Gasteiger partial charge in [-0.15, -0.1) is 0 Å². The molecule has 0 saturated carbocycles. The van der Waals surface area contributed by atoms with E-state index in [1.54, 1.807) is 0 Å². The van der Waals surface area contributed by atoms with E-state index in [1.807, 2.05) is 19.4 Å². The SMILES string of the molecule is CCCc1cnc(N(C)C[C@H]2CCCO2)nc1. The molecule has 1 aliphatic heterocycles. The van der Waals surface area contributed by atoms with Crippen molar-refractivity contribution in [2.24, 2.45) is 0 Å². The fraction of sp³-hybridized carbons (Fsp3) is 0.692. The highest BCUT2D eigenvalue weighted by molar-refractivity contribution is 5.28. The molecule has 0 aromatic carbocycles. The molecule has 0 amide bonds. The smallest absolute Gasteiger partial charge is 0.225 e. The molecule has 1 aliphatic rings. The zero-order chi connectivity index (χ0) is 12.1. The summed E-state index contributed by atoms with van der Waals surface area (Å²) in [5.41, 5.74) is 1.21. The summed E-state index contributed by atoms with van der Waals surface area (Å²) in [5, 5.41) is 0. The normalized spacial score (nSPS) is 19.5. The Labute approximate surface area is 103 Å². The number of anilines is 1. The van der Waals surface area contributed by atoms with Gasteiger partial charge in [0, 0.05) is 32.6 Å². The molecule has 4 nitrogen and oxygen atoms in total. The van der Waals surface area contributed by atoms with Crippen molar-refractivity contribution in [3.63, 3.8) is 0 Å². The van der Waals surface area contributed by atoms with Gasteiger partial charge in [0.15, 0.2) is 0 Å². The van der Waals surface area contributed by atoms with Crippen LogP contribution in [0.1, 0.15) is 31.7 Å². The summed E-state index contributed by atoms with van der Waals surface area (Å²) < 4.78 is 5.61. The second-order valence-corrected chi connectivity index (χ2v) is 4.66. The first-order valence-corrected chi connectivity index (χ1v) is 6.43. The van der Waals surface area contributed by atoms with Gasteiger partial charge in [0.05, 0.1) is 6.10 Å². The summed E-state index contributed by atoms with van der Waals surface area (Å²) in [7, 11) is 2.02. The molecule has 1 atom stereocenters. The van der Waals surface area contributed by atoms with Crippen LogP contribution >= 0.6 is 0 Å². The van der Waals surface area contributed by atoms with Gasteiger partial charge >= 0.3 is 0 Å². The van der Waals surface area contributed by atoms with Crippen LogP contribution in [0.15, 0.2) is 12.4 Å². The average molecular weight is 235 g/mol. The van der Waals surface area contributed by atoms with E-state index in [0.717, 1.165) is 38.4 Å². The lowest BCUT2D eigenvalue weighted by Gasteiger charge is -2.20. The average Bonchev–Trinajstić information content (AvgIpc) is 2.83. The summed E-state index contributed by atoms with van der Waals surface area (Å²) in [5.74, 6) is 0.792. The van der Waals surface area contributed by atoms with Gasteiger partial charge in [-0.25, -0.2) is 9.97 Å². The van der Waals surface area contributed by atoms with Gasteiger partial charge in [0.25, 0.3) is 0 Å². The van der Waals surface area contributed by atoms with Crippen LogP contribution in [-0.4, -0.2) is 36.3 Å². The number of aryl methyl sites for hydroxylation is 1. The molecule has 0 bridgehead atoms. The van der Waals surface area contributed by atoms with E-state index < -0.39 is 0 Å². The van der Waals surface area contributed by atoms with Crippen LogP contribution in [0.25, 0.3) is 0 Å². The first-order valence-electron chi connectivity index (χ1n) is 6.43. The van der Waals surface area contributed by atoms with Crippen molar-refractivity contribution < 1.29 is 4.74 Å². The van der Waals surface area contributed by atoms with Crippen LogP contribution in [0, 0.1) is 0 Å². The van der Waals surface area contributed by atoms with Crippen LogP contribution in [0.5, 0.6) is 0 Å². The molecular formula is C13H21N3O. The van der Waals surface area contributed by atoms with Crippen LogP contribution in [0.3, 0.4) is 0 Å². The monoisotopic (exact) mass is 235 g/mol. The van der Waals surface area contributed by atoms with E-state index in [9.17, 15) is 0 Å². The number of likely N-dealkylation sites (N-methyl/N-ethyl adjacent to an activating group) is 1. The minimum Gasteiger partial charge on any atom is -0.376 e. The second kappa shape index (κ2) is 5.96. The zero-order valence-electron chi connectivity index (χ0n) is 10.7. The van der Waals surface area contributed by atoms with Crippen molar-refractivity contribution in [1.29, 1.82) is 0 Å². The van der Waals surface area contributed by atoms with E-state index >= 15 is 0 Å². The largest absolute Gasteiger partial charge is 0.376 e. The number of ether oxygens (including phenoxy) is 1. The van der Waals surface area contributed by atoms with E-state index in [-0.39, 0.29) is 0 Å². The number of aromatic nitrogens is 2. The van der Waals surface area contributed by atoms with Crippen molar-refractivity contribution in [2.75, 3.05) is 25.1 Å². The Morgan fingerprint density at radius 3 is 2.76 bits per heavy atom. The Bertz CT molecular complexity index is 333. The Morgan fingerprint density at radius 1 is 1.41 bits per heavy atom. The molecule has 0 N–H and O–H groups in total. The van der Waals surface area contributed by atoms with Gasteiger partial charge < -0.3 is 9.64 Å². The van der Waals surface area contributed by atoms with Gasteiger partial charge in [-0.3, -0.25) is 0 Å². The number of rotatable bonds is 5. The molecule has 2 rings (SSSR count). The summed E-state index contributed by atoms with van der Waals surface area (Å²) in [6, 6.07) is 0. The van der Waals surface area contributed by atoms with Crippen molar-refractivity contribution in [3.05, 3.63) is 18.0 Å². The maximum absolute atomic E-state index is 5.61. The molecule has 1 aromatic heterocycles. The molecular weight excluding hydrogens is 214 g/mol. The highest BCUT2D eigenvalue weighted by atomic mass is 16.5. The Kier molecular flexibility index (Phi) is 4.31. The summed E-state index contributed by atoms with van der Waals surface area (Å²) in [6.45, 7) is 3.94. The molecule has 17 heavy (non-hydrogen) atoms. The maximum atomic E-state index is 5.61. The third-order valence-electron chi connectivity index (χ3n) is 3.07. The number of hydrogen-bond acceptors (Lipinski definition) is 4. The van der Waals surface area contributed by atoms with E-state index in [0.29, 0.717) is 6.10 Å². The van der Waals surface area contributed by atoms with E-state index in [4.69, 9.17) is 4.74 Å². The lowest BCUT2D eigenvalue weighted by molar-refractivity contribution is 0.116. The third kappa shape index (κ3) is 3.40. The first-order chi connectivity index (χ1) is 8.29. The standard InChI is InChI=1S/C13H21N3O/c1-3-5-11-8-14-13(15-9-11)16(2)10-12-6-4-7-17-12/h8-9,12H,3-7,10H2,1-2H3/t12-/m1/s1. The van der Waals surface area contributed by atoms with Gasteiger partial charge in [-0.05, 0) is 24.8 Å². The predicted octanol–water partition coefficient (Wildman–Crippen LogP) is 2.04. The van der Waals surface area contributed by atoms with Crippen molar-refractivity contribution in [3.8, 4) is 0 Å². The Hall–Kier alpha value is -1.16. The fourth-order valence-corrected chi connectivity index (χ4v) is 2.14. The third-order valence-corrected chi connectivity index (χ3v) is 3.07. The molecule has 0 spiro atoms. The summed E-state index contributed by atoms with van der Waals surface area (Å²) in [6.07, 6.45) is 8.71. The number of nitrogens with zero attached hydrogens (tertiary/aromatic N) is 3. The quantitative estimate of drug-likeness (QED) is 0.783. The molecule has 0 aliphatic carbocycles. The fourth-order valence-electron chi connectivity index (χ4n) is 2.14. The van der Waals surface area contributed by atoms with Crippen LogP contribution in [0.4, 0.5) is 5.95 Å². The summed E-state index contributed by atoms with van der Waals surface area (Å²) in [4.78, 5) is 10.9. The van der Waals surface area contributed by atoms with Crippen molar-refractivity contribution >= 4 is 5.95 Å². The second-order valence-electron chi connectivity index (χ2n) is 4.66. The molecule has 1 saturated heterocycles. The molecule has 1 fully saturated rings. The maximum Gasteiger partial charge on any atom is 0.225 e. The van der Waals surface area contributed by atoms with Gasteiger partial charge in [0.2, 0.25) is 5.95 Å². The molecule has 0 unspecified atom stereocenters. The highest BCUT2D eigenvalue weighted by Gasteiger charge is 2.18. The van der Waals surface area contributed by atoms with Gasteiger partial charge in [0.1, 0.15) is 0 Å². The minimum absolute atomic E-state index is 0.346. The van der Waals surface area contributed by atoms with Crippen LogP contribution in [0.2, 0.25) is 0 Å². The lowest BCUT2D eigenvalue weighted by atomic mass is 10.2. The minimum atomic E-state index is 0.346. The highest BCUT2D eigenvalue weighted by Crippen LogP contribution is 2.15. The Morgan fingerprint density at radius 2 is 2.18 bits per heavy atom. The van der Waals surface area contributed by atoms with Crippen molar-refractivity contribution in [2.45, 2.75) is 38.7 Å². The molecule has 0 radical (unpaired) electrons. The first kappa shape index (κ1) is 12.3. The Balaban J connectivity index is 1.91. The molecule has 2 heterocycles. The zero-order valence-corrected chi connectivity index (χ0v) is 10.7. The van der Waals surface area contributed by atoms with Crippen molar-refractivity contribution in [1.82, 2.24) is 9.97 Å². The molecule has 1 aromatic rings. The topological polar surface area (TPSA) is 38.2 Å². The summed E-state index contributed by atoms with van der Waals surface area (Å²) >= 11 is 0. The lowest BCUT2D eigenvalue weighted by Crippen LogP contribution is -2.29. The van der Waals surface area contributed by atoms with E-state index in [1.165, 1.54) is 12.0 Å². The predicted molar refractivity (Wildman–Crippen MR) is 68.3 cm³/mol.